The van der Waals surface area contributed by atoms with E-state index in [0.717, 1.165) is 27.3 Å². The number of amides is 2. The number of carbonyl (C=O) groups excluding carboxylic acids is 2. The summed E-state index contributed by atoms with van der Waals surface area (Å²) in [6.07, 6.45) is 0.641. The van der Waals surface area contributed by atoms with Crippen LogP contribution < -0.4 is 10.9 Å². The highest BCUT2D eigenvalue weighted by Gasteiger charge is 2.26. The van der Waals surface area contributed by atoms with Gasteiger partial charge in [0.05, 0.1) is 24.2 Å². The van der Waals surface area contributed by atoms with E-state index in [1.165, 1.54) is 23.1 Å². The molecule has 0 radical (unpaired) electrons. The van der Waals surface area contributed by atoms with Crippen LogP contribution in [-0.2, 0) is 29.1 Å². The fraction of sp³-hybridized carbons (Fsp3) is 0.259. The number of aromatic nitrogens is 2. The van der Waals surface area contributed by atoms with Crippen LogP contribution in [0.1, 0.15) is 28.5 Å². The molecule has 0 saturated carbocycles. The number of aryl methyl sites for hydroxylation is 1. The molecule has 2 aromatic carbocycles. The maximum atomic E-state index is 13.8. The number of benzene rings is 2. The van der Waals surface area contributed by atoms with Crippen LogP contribution in [-0.4, -0.2) is 38.6 Å². The second-order valence-corrected chi connectivity index (χ2v) is 10.9. The molecule has 7 nitrogen and oxygen atoms in total. The van der Waals surface area contributed by atoms with Crippen LogP contribution in [0.3, 0.4) is 0 Å². The largest absolute Gasteiger partial charge is 0.337 e. The van der Waals surface area contributed by atoms with Gasteiger partial charge < -0.3 is 10.2 Å². The first-order valence-electron chi connectivity index (χ1n) is 11.7. The van der Waals surface area contributed by atoms with Gasteiger partial charge in [-0.05, 0) is 42.2 Å². The van der Waals surface area contributed by atoms with E-state index < -0.39 is 0 Å². The molecule has 36 heavy (non-hydrogen) atoms. The van der Waals surface area contributed by atoms with E-state index >= 15 is 0 Å². The van der Waals surface area contributed by atoms with Crippen LogP contribution in [0.25, 0.3) is 10.2 Å². The first kappa shape index (κ1) is 24.3. The lowest BCUT2D eigenvalue weighted by Gasteiger charge is -2.25. The highest BCUT2D eigenvalue weighted by molar-refractivity contribution is 7.99. The fourth-order valence-corrected chi connectivity index (χ4v) is 6.47. The van der Waals surface area contributed by atoms with Crippen molar-refractivity contribution < 1.29 is 9.59 Å². The number of nitrogens with one attached hydrogen (secondary N) is 1. The van der Waals surface area contributed by atoms with Gasteiger partial charge in [0.2, 0.25) is 11.8 Å². The summed E-state index contributed by atoms with van der Waals surface area (Å²) in [5.41, 5.74) is 3.69. The molecule has 1 aliphatic heterocycles. The van der Waals surface area contributed by atoms with Crippen molar-refractivity contribution in [2.24, 2.45) is 0 Å². The molecule has 0 atom stereocenters. The zero-order valence-corrected chi connectivity index (χ0v) is 21.7. The van der Waals surface area contributed by atoms with E-state index in [9.17, 15) is 14.4 Å². The Labute approximate surface area is 217 Å². The lowest BCUT2D eigenvalue weighted by molar-refractivity contribution is -0.129. The molecule has 4 aromatic rings. The number of anilines is 1. The highest BCUT2D eigenvalue weighted by Crippen LogP contribution is 2.34. The third kappa shape index (κ3) is 5.08. The maximum Gasteiger partial charge on any atom is 0.263 e. The summed E-state index contributed by atoms with van der Waals surface area (Å²) in [4.78, 5) is 46.8. The third-order valence-corrected chi connectivity index (χ3v) is 8.28. The summed E-state index contributed by atoms with van der Waals surface area (Å²) in [5.74, 6) is 0.00126. The van der Waals surface area contributed by atoms with Crippen LogP contribution in [0, 0.1) is 6.92 Å². The molecule has 2 amide bonds. The molecule has 3 heterocycles. The summed E-state index contributed by atoms with van der Waals surface area (Å²) in [5, 5.41) is 4.07. The summed E-state index contributed by atoms with van der Waals surface area (Å²) in [6, 6.07) is 17.4. The minimum absolute atomic E-state index is 0.0309. The highest BCUT2D eigenvalue weighted by atomic mass is 32.2. The Bertz CT molecular complexity index is 1510. The molecule has 0 aliphatic carbocycles. The van der Waals surface area contributed by atoms with Gasteiger partial charge in [0.1, 0.15) is 4.83 Å². The van der Waals surface area contributed by atoms with Crippen molar-refractivity contribution in [2.45, 2.75) is 38.5 Å². The Balaban J connectivity index is 1.48. The van der Waals surface area contributed by atoms with Crippen molar-refractivity contribution in [1.82, 2.24) is 14.5 Å². The second-order valence-electron chi connectivity index (χ2n) is 8.85. The molecule has 2 aromatic heterocycles. The Hall–Kier alpha value is -3.43. The maximum absolute atomic E-state index is 13.8. The molecule has 184 valence electrons. The predicted octanol–water partition coefficient (Wildman–Crippen LogP) is 4.45. The van der Waals surface area contributed by atoms with Crippen LogP contribution >= 0.6 is 23.1 Å². The zero-order chi connectivity index (χ0) is 25.2. The Morgan fingerprint density at radius 3 is 2.69 bits per heavy atom. The predicted molar refractivity (Wildman–Crippen MR) is 145 cm³/mol. The lowest BCUT2D eigenvalue weighted by atomic mass is 10.1. The summed E-state index contributed by atoms with van der Waals surface area (Å²) >= 11 is 2.73. The van der Waals surface area contributed by atoms with Crippen molar-refractivity contribution >= 4 is 50.8 Å². The number of carbonyl (C=O) groups is 2. The lowest BCUT2D eigenvalue weighted by Crippen LogP contribution is -2.34. The summed E-state index contributed by atoms with van der Waals surface area (Å²) in [7, 11) is 0. The molecule has 1 N–H and O–H groups in total. The van der Waals surface area contributed by atoms with Crippen LogP contribution in [0.2, 0.25) is 0 Å². The normalized spacial score (nSPS) is 13.0. The van der Waals surface area contributed by atoms with E-state index in [1.54, 1.807) is 16.4 Å². The average Bonchev–Trinajstić information content (AvgIpc) is 3.23. The Morgan fingerprint density at radius 1 is 1.14 bits per heavy atom. The quantitative estimate of drug-likeness (QED) is 0.301. The molecule has 1 aliphatic rings. The smallest absolute Gasteiger partial charge is 0.263 e. The summed E-state index contributed by atoms with van der Waals surface area (Å²) < 4.78 is 1.67. The van der Waals surface area contributed by atoms with Gasteiger partial charge in [0.25, 0.3) is 5.56 Å². The van der Waals surface area contributed by atoms with E-state index in [4.69, 9.17) is 4.98 Å². The number of rotatable bonds is 6. The van der Waals surface area contributed by atoms with Crippen molar-refractivity contribution in [3.05, 3.63) is 86.5 Å². The third-order valence-electron chi connectivity index (χ3n) is 6.19. The van der Waals surface area contributed by atoms with Gasteiger partial charge in [-0.1, -0.05) is 54.2 Å². The van der Waals surface area contributed by atoms with E-state index in [-0.39, 0.29) is 23.1 Å². The molecule has 0 bridgehead atoms. The topological polar surface area (TPSA) is 84.3 Å². The van der Waals surface area contributed by atoms with Gasteiger partial charge in [-0.3, -0.25) is 19.0 Å². The minimum atomic E-state index is -0.159. The first-order valence-corrected chi connectivity index (χ1v) is 13.5. The molecular formula is C27H26N4O3S2. The molecule has 0 saturated heterocycles. The van der Waals surface area contributed by atoms with Crippen LogP contribution in [0.4, 0.5) is 5.69 Å². The Kier molecular flexibility index (Phi) is 6.93. The molecule has 9 heteroatoms. The Morgan fingerprint density at radius 2 is 1.94 bits per heavy atom. The molecular weight excluding hydrogens is 492 g/mol. The minimum Gasteiger partial charge on any atom is -0.337 e. The summed E-state index contributed by atoms with van der Waals surface area (Å²) in [6.45, 7) is 5.02. The van der Waals surface area contributed by atoms with Gasteiger partial charge in [-0.15, -0.1) is 11.3 Å². The van der Waals surface area contributed by atoms with Gasteiger partial charge in [-0.2, -0.15) is 0 Å². The first-order chi connectivity index (χ1) is 17.4. The van der Waals surface area contributed by atoms with Gasteiger partial charge >= 0.3 is 0 Å². The molecule has 0 spiro atoms. The van der Waals surface area contributed by atoms with E-state index in [2.05, 4.69) is 5.32 Å². The van der Waals surface area contributed by atoms with Crippen LogP contribution in [0.5, 0.6) is 0 Å². The number of nitrogens with zero attached hydrogens (tertiary/aromatic N) is 3. The van der Waals surface area contributed by atoms with Gasteiger partial charge in [-0.25, -0.2) is 4.98 Å². The monoisotopic (exact) mass is 518 g/mol. The number of fused-ring (bicyclic) bond motifs is 3. The second kappa shape index (κ2) is 10.3. The van der Waals surface area contributed by atoms with Crippen molar-refractivity contribution in [2.75, 3.05) is 17.6 Å². The molecule has 5 rings (SSSR count). The van der Waals surface area contributed by atoms with Gasteiger partial charge in [0.15, 0.2) is 5.16 Å². The number of hydrogen-bond acceptors (Lipinski definition) is 6. The molecule has 0 unspecified atom stereocenters. The van der Waals surface area contributed by atoms with Crippen molar-refractivity contribution in [1.29, 1.82) is 0 Å². The standard InChI is InChI=1S/C27H26N4O3S2/c1-17-7-6-10-20(13-17)28-23(33)16-35-27-29-25-24(21-11-12-30(18(2)32)15-22(21)36-25)26(34)31(27)14-19-8-4-3-5-9-19/h3-10,13H,11-12,14-16H2,1-2H3,(H,28,33). The number of thioether (sulfide) groups is 1. The zero-order valence-electron chi connectivity index (χ0n) is 20.1. The van der Waals surface area contributed by atoms with Gasteiger partial charge in [0, 0.05) is 24.0 Å². The van der Waals surface area contributed by atoms with E-state index in [1.807, 2.05) is 61.5 Å². The average molecular weight is 519 g/mol. The number of thiophene rings is 1. The SMILES string of the molecule is CC(=O)N1CCc2c(sc3nc(SCC(=O)Nc4cccc(C)c4)n(Cc4ccccc4)c(=O)c23)C1. The fourth-order valence-electron chi connectivity index (χ4n) is 4.39. The number of hydrogen-bond donors (Lipinski definition) is 1. The molecule has 0 fully saturated rings. The van der Waals surface area contributed by atoms with Crippen molar-refractivity contribution in [3.63, 3.8) is 0 Å². The van der Waals surface area contributed by atoms with Crippen LogP contribution in [0.15, 0.2) is 64.5 Å². The van der Waals surface area contributed by atoms with Crippen molar-refractivity contribution in [3.8, 4) is 0 Å². The van der Waals surface area contributed by atoms with E-state index in [0.29, 0.717) is 41.4 Å².